The Morgan fingerprint density at radius 3 is 2.00 bits per heavy atom. The van der Waals surface area contributed by atoms with Crippen LogP contribution < -0.4 is 0 Å². The highest BCUT2D eigenvalue weighted by Gasteiger charge is 2.39. The van der Waals surface area contributed by atoms with E-state index in [0.717, 1.165) is 5.25 Å². The van der Waals surface area contributed by atoms with Crippen molar-refractivity contribution < 1.29 is 0 Å². The van der Waals surface area contributed by atoms with Gasteiger partial charge in [0.1, 0.15) is 0 Å². The fourth-order valence-electron chi connectivity index (χ4n) is 0.420. The topological polar surface area (TPSA) is 0 Å². The first-order valence-electron chi connectivity index (χ1n) is 2.07. The summed E-state index contributed by atoms with van der Waals surface area (Å²) in [6, 6.07) is 0. The monoisotopic (exact) mass is 124 g/mol. The zero-order valence-corrected chi connectivity index (χ0v) is 5.64. The van der Waals surface area contributed by atoms with Gasteiger partial charge in [0.25, 0.3) is 0 Å². The first-order chi connectivity index (χ1) is 2.63. The standard InChI is InChI=1S/C4H9ClS/c1-4-3-6(4,2)5/h4H,3H2,1-2H3/t4-/m0/s1. The van der Waals surface area contributed by atoms with E-state index in [0.29, 0.717) is 0 Å². The molecule has 38 valence electrons. The van der Waals surface area contributed by atoms with E-state index in [1.54, 1.807) is 0 Å². The Labute approximate surface area is 44.7 Å². The lowest BCUT2D eigenvalue weighted by molar-refractivity contribution is 1.25. The maximum Gasteiger partial charge on any atom is 0.00702 e. The van der Waals surface area contributed by atoms with Gasteiger partial charge >= 0.3 is 0 Å². The smallest absolute Gasteiger partial charge is 0.00702 e. The molecule has 0 aliphatic carbocycles. The second-order valence-electron chi connectivity index (χ2n) is 2.02. The summed E-state index contributed by atoms with van der Waals surface area (Å²) in [5.41, 5.74) is 0. The predicted molar refractivity (Wildman–Crippen MR) is 33.7 cm³/mol. The van der Waals surface area contributed by atoms with Gasteiger partial charge in [-0.3, -0.25) is 0 Å². The summed E-state index contributed by atoms with van der Waals surface area (Å²) in [6.07, 6.45) is 2.17. The Kier molecular flexibility index (Phi) is 0.856. The second-order valence-corrected chi connectivity index (χ2v) is 7.36. The normalized spacial score (nSPS) is 66.2. The quantitative estimate of drug-likeness (QED) is 0.434. The van der Waals surface area contributed by atoms with E-state index in [1.807, 2.05) is 0 Å². The minimum atomic E-state index is -0.523. The molecule has 1 fully saturated rings. The van der Waals surface area contributed by atoms with Crippen LogP contribution in [0.3, 0.4) is 0 Å². The molecule has 0 nitrogen and oxygen atoms in total. The van der Waals surface area contributed by atoms with Crippen molar-refractivity contribution in [2.24, 2.45) is 0 Å². The predicted octanol–water partition coefficient (Wildman–Crippen LogP) is 1.98. The number of hydrogen-bond acceptors (Lipinski definition) is 0. The molecule has 0 aromatic carbocycles. The van der Waals surface area contributed by atoms with Gasteiger partial charge in [-0.1, -0.05) is 17.6 Å². The molecule has 1 rings (SSSR count). The Bertz CT molecular complexity index is 69.9. The van der Waals surface area contributed by atoms with Crippen molar-refractivity contribution in [1.29, 1.82) is 0 Å². The Morgan fingerprint density at radius 2 is 2.00 bits per heavy atom. The van der Waals surface area contributed by atoms with Gasteiger partial charge in [0.2, 0.25) is 0 Å². The van der Waals surface area contributed by atoms with Crippen LogP contribution in [0.15, 0.2) is 0 Å². The SMILES string of the molecule is C[C@H]1CS1(C)Cl. The largest absolute Gasteiger partial charge is 0.162 e. The van der Waals surface area contributed by atoms with Crippen molar-refractivity contribution >= 4 is 19.9 Å². The molecular formula is C4H9ClS. The van der Waals surface area contributed by atoms with Crippen LogP contribution in [0, 0.1) is 0 Å². The molecular weight excluding hydrogens is 116 g/mol. The van der Waals surface area contributed by atoms with Crippen molar-refractivity contribution in [2.45, 2.75) is 12.2 Å². The Morgan fingerprint density at radius 1 is 1.83 bits per heavy atom. The average molecular weight is 125 g/mol. The molecule has 2 atom stereocenters. The molecule has 0 aromatic heterocycles. The number of hydrogen-bond donors (Lipinski definition) is 0. The van der Waals surface area contributed by atoms with Gasteiger partial charge in [0.05, 0.1) is 0 Å². The fourth-order valence-corrected chi connectivity index (χ4v) is 2.66. The first-order valence-corrected chi connectivity index (χ1v) is 5.17. The van der Waals surface area contributed by atoms with Crippen LogP contribution in [-0.2, 0) is 0 Å². The third-order valence-corrected chi connectivity index (χ3v) is 5.14. The Hall–Kier alpha value is 0.640. The second kappa shape index (κ2) is 1.07. The molecule has 1 unspecified atom stereocenters. The fraction of sp³-hybridized carbons (Fsp3) is 1.00. The highest BCUT2D eigenvalue weighted by molar-refractivity contribution is 8.56. The number of rotatable bonds is 0. The lowest BCUT2D eigenvalue weighted by Gasteiger charge is -1.97. The van der Waals surface area contributed by atoms with Gasteiger partial charge in [-0.15, -0.1) is 0 Å². The summed E-state index contributed by atoms with van der Waals surface area (Å²) in [5, 5.41) is 0.846. The summed E-state index contributed by atoms with van der Waals surface area (Å²) in [7, 11) is 5.35. The van der Waals surface area contributed by atoms with Crippen molar-refractivity contribution in [3.05, 3.63) is 0 Å². The van der Waals surface area contributed by atoms with Crippen LogP contribution in [0.5, 0.6) is 0 Å². The van der Waals surface area contributed by atoms with Crippen molar-refractivity contribution in [3.8, 4) is 0 Å². The van der Waals surface area contributed by atoms with E-state index >= 15 is 0 Å². The van der Waals surface area contributed by atoms with Crippen LogP contribution in [0.2, 0.25) is 0 Å². The van der Waals surface area contributed by atoms with Crippen molar-refractivity contribution in [1.82, 2.24) is 0 Å². The first kappa shape index (κ1) is 4.79. The van der Waals surface area contributed by atoms with Gasteiger partial charge in [-0.2, -0.15) is 9.24 Å². The molecule has 2 heteroatoms. The molecule has 0 bridgehead atoms. The van der Waals surface area contributed by atoms with Gasteiger partial charge in [-0.25, -0.2) is 0 Å². The highest BCUT2D eigenvalue weighted by Crippen LogP contribution is 2.69. The molecule has 0 spiro atoms. The molecule has 1 heterocycles. The third kappa shape index (κ3) is 0.662. The molecule has 0 radical (unpaired) electrons. The zero-order chi connectivity index (χ0) is 4.78. The van der Waals surface area contributed by atoms with Crippen LogP contribution in [-0.4, -0.2) is 17.3 Å². The number of halogens is 1. The average Bonchev–Trinajstić information content (AvgIpc) is 1.73. The van der Waals surface area contributed by atoms with Gasteiger partial charge < -0.3 is 0 Å². The molecule has 1 aliphatic rings. The lowest BCUT2D eigenvalue weighted by Crippen LogP contribution is -1.65. The van der Waals surface area contributed by atoms with Crippen molar-refractivity contribution in [3.63, 3.8) is 0 Å². The van der Waals surface area contributed by atoms with E-state index in [-0.39, 0.29) is 0 Å². The van der Waals surface area contributed by atoms with E-state index in [1.165, 1.54) is 5.75 Å². The summed E-state index contributed by atoms with van der Waals surface area (Å²) < 4.78 is 0. The van der Waals surface area contributed by atoms with Crippen LogP contribution in [0.4, 0.5) is 0 Å². The van der Waals surface area contributed by atoms with Crippen LogP contribution >= 0.6 is 19.9 Å². The molecule has 6 heavy (non-hydrogen) atoms. The van der Waals surface area contributed by atoms with Crippen molar-refractivity contribution in [2.75, 3.05) is 12.0 Å². The summed E-state index contributed by atoms with van der Waals surface area (Å²) in [6.45, 7) is 2.21. The molecule has 0 N–H and O–H groups in total. The van der Waals surface area contributed by atoms with E-state index in [2.05, 4.69) is 13.2 Å². The minimum Gasteiger partial charge on any atom is -0.162 e. The summed E-state index contributed by atoms with van der Waals surface area (Å²) in [5.74, 6) is 1.29. The molecule has 1 aliphatic heterocycles. The lowest BCUT2D eigenvalue weighted by atomic mass is 10.6. The molecule has 0 saturated carbocycles. The van der Waals surface area contributed by atoms with E-state index in [9.17, 15) is 0 Å². The van der Waals surface area contributed by atoms with E-state index < -0.39 is 9.24 Å². The Balaban J connectivity index is 2.41. The third-order valence-electron chi connectivity index (χ3n) is 1.28. The molecule has 0 aromatic rings. The van der Waals surface area contributed by atoms with E-state index in [4.69, 9.17) is 10.7 Å². The maximum absolute atomic E-state index is 5.87. The molecule has 1 saturated heterocycles. The molecule has 0 amide bonds. The zero-order valence-electron chi connectivity index (χ0n) is 4.07. The minimum absolute atomic E-state index is 0.523. The van der Waals surface area contributed by atoms with Gasteiger partial charge in [-0.05, 0) is 6.26 Å². The van der Waals surface area contributed by atoms with Gasteiger partial charge in [0.15, 0.2) is 0 Å². The summed E-state index contributed by atoms with van der Waals surface area (Å²) >= 11 is 0. The maximum atomic E-state index is 5.87. The highest BCUT2D eigenvalue weighted by atomic mass is 35.7. The summed E-state index contributed by atoms with van der Waals surface area (Å²) in [4.78, 5) is 0. The van der Waals surface area contributed by atoms with Crippen LogP contribution in [0.1, 0.15) is 6.92 Å². The van der Waals surface area contributed by atoms with Gasteiger partial charge in [0, 0.05) is 11.0 Å². The van der Waals surface area contributed by atoms with Crippen LogP contribution in [0.25, 0.3) is 0 Å².